The fourth-order valence-corrected chi connectivity index (χ4v) is 4.66. The zero-order valence-electron chi connectivity index (χ0n) is 17.1. The quantitative estimate of drug-likeness (QED) is 0.788. The van der Waals surface area contributed by atoms with E-state index < -0.39 is 0 Å². The van der Waals surface area contributed by atoms with Gasteiger partial charge in [-0.15, -0.1) is 5.10 Å². The number of Topliss-reactive ketones (excluding diaryl/α,β-unsaturated/α-hetero) is 1. The first-order valence-corrected chi connectivity index (χ1v) is 10.7. The van der Waals surface area contributed by atoms with Crippen molar-refractivity contribution in [1.82, 2.24) is 14.8 Å². The highest BCUT2D eigenvalue weighted by Crippen LogP contribution is 2.45. The van der Waals surface area contributed by atoms with Gasteiger partial charge in [0.1, 0.15) is 5.78 Å². The van der Waals surface area contributed by atoms with Gasteiger partial charge in [0.15, 0.2) is 0 Å². The van der Waals surface area contributed by atoms with Crippen molar-refractivity contribution >= 4 is 29.2 Å². The molecule has 6 nitrogen and oxygen atoms in total. The predicted octanol–water partition coefficient (Wildman–Crippen LogP) is 3.97. The number of thioether (sulfide) groups is 1. The van der Waals surface area contributed by atoms with E-state index >= 15 is 0 Å². The van der Waals surface area contributed by atoms with Crippen LogP contribution < -0.4 is 10.2 Å². The molecule has 0 amide bonds. The number of aromatic nitrogens is 3. The molecule has 0 radical (unpaired) electrons. The molecule has 0 bridgehead atoms. The van der Waals surface area contributed by atoms with Crippen LogP contribution in [-0.4, -0.2) is 40.4 Å². The minimum Gasteiger partial charge on any atom is -0.378 e. The number of rotatable bonds is 4. The van der Waals surface area contributed by atoms with Crippen LogP contribution in [-0.2, 0) is 4.79 Å². The summed E-state index contributed by atoms with van der Waals surface area (Å²) in [5, 5.41) is 8.88. The van der Waals surface area contributed by atoms with Gasteiger partial charge in [-0.2, -0.15) is 4.98 Å². The van der Waals surface area contributed by atoms with Gasteiger partial charge in [0.05, 0.1) is 12.0 Å². The largest absolute Gasteiger partial charge is 0.378 e. The highest BCUT2D eigenvalue weighted by Gasteiger charge is 2.45. The van der Waals surface area contributed by atoms with Crippen LogP contribution in [0.5, 0.6) is 0 Å². The molecule has 0 fully saturated rings. The van der Waals surface area contributed by atoms with Gasteiger partial charge in [0, 0.05) is 31.9 Å². The Morgan fingerprint density at radius 3 is 2.64 bits per heavy atom. The van der Waals surface area contributed by atoms with Crippen molar-refractivity contribution in [2.75, 3.05) is 30.1 Å². The van der Waals surface area contributed by atoms with E-state index in [1.807, 2.05) is 18.8 Å². The molecule has 2 atom stereocenters. The summed E-state index contributed by atoms with van der Waals surface area (Å²) in [7, 11) is 4.05. The number of fused-ring (bicyclic) bond motifs is 2. The van der Waals surface area contributed by atoms with Crippen LogP contribution in [0.2, 0.25) is 0 Å². The second kappa shape index (κ2) is 6.95. The molecule has 28 heavy (non-hydrogen) atoms. The zero-order chi connectivity index (χ0) is 20.1. The average molecular weight is 398 g/mol. The Kier molecular flexibility index (Phi) is 4.73. The zero-order valence-corrected chi connectivity index (χ0v) is 17.9. The first-order valence-electron chi connectivity index (χ1n) is 9.68. The topological polar surface area (TPSA) is 63.1 Å². The van der Waals surface area contributed by atoms with Crippen molar-refractivity contribution in [1.29, 1.82) is 0 Å². The molecule has 0 saturated carbocycles. The molecule has 0 spiro atoms. The number of nitrogens with one attached hydrogen (secondary N) is 1. The molecule has 4 rings (SSSR count). The van der Waals surface area contributed by atoms with Crippen molar-refractivity contribution in [3.8, 4) is 0 Å². The maximum absolute atomic E-state index is 13.2. The Balaban J connectivity index is 1.84. The summed E-state index contributed by atoms with van der Waals surface area (Å²) in [4.78, 5) is 19.9. The van der Waals surface area contributed by atoms with E-state index in [9.17, 15) is 4.79 Å². The van der Waals surface area contributed by atoms with Gasteiger partial charge in [-0.3, -0.25) is 4.79 Å². The van der Waals surface area contributed by atoms with Crippen LogP contribution in [0.1, 0.15) is 38.8 Å². The molecule has 1 N–H and O–H groups in total. The molecule has 2 aliphatic rings. The summed E-state index contributed by atoms with van der Waals surface area (Å²) in [5.74, 6) is 1.61. The smallest absolute Gasteiger partial charge is 0.227 e. The Labute approximate surface area is 170 Å². The summed E-state index contributed by atoms with van der Waals surface area (Å²) < 4.78 is 1.90. The van der Waals surface area contributed by atoms with Gasteiger partial charge in [0.25, 0.3) is 0 Å². The fourth-order valence-electron chi connectivity index (χ4n) is 4.10. The minimum atomic E-state index is -0.257. The molecule has 1 aliphatic carbocycles. The second-order valence-electron chi connectivity index (χ2n) is 8.36. The minimum absolute atomic E-state index is 0.154. The van der Waals surface area contributed by atoms with Crippen molar-refractivity contribution in [2.24, 2.45) is 11.3 Å². The molecule has 148 valence electrons. The van der Waals surface area contributed by atoms with Gasteiger partial charge in [-0.05, 0) is 28.9 Å². The summed E-state index contributed by atoms with van der Waals surface area (Å²) in [6.45, 7) is 6.30. The van der Waals surface area contributed by atoms with Crippen LogP contribution in [0.25, 0.3) is 0 Å². The molecule has 0 unspecified atom stereocenters. The van der Waals surface area contributed by atoms with Gasteiger partial charge < -0.3 is 10.2 Å². The third-order valence-electron chi connectivity index (χ3n) is 5.33. The van der Waals surface area contributed by atoms with E-state index in [0.717, 1.165) is 27.9 Å². The van der Waals surface area contributed by atoms with Crippen LogP contribution in [0.4, 0.5) is 11.6 Å². The number of allylic oxidation sites excluding steroid dienone is 2. The number of hydrogen-bond acceptors (Lipinski definition) is 6. The number of ketones is 1. The number of benzene rings is 1. The lowest BCUT2D eigenvalue weighted by Crippen LogP contribution is -2.42. The summed E-state index contributed by atoms with van der Waals surface area (Å²) >= 11 is 1.61. The lowest BCUT2D eigenvalue weighted by molar-refractivity contribution is -0.125. The molecular formula is C21H27N5OS. The first-order chi connectivity index (χ1) is 13.3. The third-order valence-corrected chi connectivity index (χ3v) is 6.05. The van der Waals surface area contributed by atoms with Crippen LogP contribution in [0, 0.1) is 11.3 Å². The Morgan fingerprint density at radius 2 is 2.00 bits per heavy atom. The van der Waals surface area contributed by atoms with Crippen molar-refractivity contribution in [2.45, 2.75) is 38.4 Å². The van der Waals surface area contributed by atoms with Gasteiger partial charge in [-0.1, -0.05) is 50.7 Å². The number of carbonyl (C=O) groups excluding carboxylic acids is 1. The average Bonchev–Trinajstić information content (AvgIpc) is 3.01. The number of hydrogen-bond donors (Lipinski definition) is 1. The maximum Gasteiger partial charge on any atom is 0.227 e. The third kappa shape index (κ3) is 3.32. The van der Waals surface area contributed by atoms with Crippen molar-refractivity contribution in [3.63, 3.8) is 0 Å². The molecule has 7 heteroatoms. The lowest BCUT2D eigenvalue weighted by atomic mass is 9.72. The monoisotopic (exact) mass is 397 g/mol. The number of anilines is 2. The highest BCUT2D eigenvalue weighted by atomic mass is 32.2. The highest BCUT2D eigenvalue weighted by molar-refractivity contribution is 7.99. The second-order valence-corrected chi connectivity index (χ2v) is 9.59. The van der Waals surface area contributed by atoms with E-state index in [1.54, 1.807) is 11.8 Å². The van der Waals surface area contributed by atoms with Crippen LogP contribution >= 0.6 is 11.8 Å². The summed E-state index contributed by atoms with van der Waals surface area (Å²) in [6.07, 6.45) is 2.74. The number of nitrogens with zero attached hydrogens (tertiary/aromatic N) is 4. The molecular weight excluding hydrogens is 370 g/mol. The van der Waals surface area contributed by atoms with E-state index in [0.29, 0.717) is 12.4 Å². The van der Waals surface area contributed by atoms with Crippen molar-refractivity contribution < 1.29 is 4.79 Å². The SMILES string of the molecule is CCSc1nc2n(n1)[C@@H](c1ccc(N(C)C)cc1)[C@@H]1C(=O)CC(C)(C)C=C1N2. The molecule has 2 aromatic rings. The Hall–Kier alpha value is -2.28. The Morgan fingerprint density at radius 1 is 1.29 bits per heavy atom. The molecule has 1 aliphatic heterocycles. The van der Waals surface area contributed by atoms with E-state index in [4.69, 9.17) is 5.10 Å². The van der Waals surface area contributed by atoms with Gasteiger partial charge >= 0.3 is 0 Å². The normalized spacial score (nSPS) is 22.8. The molecule has 0 saturated heterocycles. The van der Waals surface area contributed by atoms with Crippen molar-refractivity contribution in [3.05, 3.63) is 41.6 Å². The summed E-state index contributed by atoms with van der Waals surface area (Å²) in [5.41, 5.74) is 3.01. The van der Waals surface area contributed by atoms with E-state index in [2.05, 4.69) is 66.3 Å². The standard InChI is InChI=1S/C21H27N5OS/c1-6-28-20-23-19-22-15-11-21(2,3)12-16(27)17(15)18(26(19)24-20)13-7-9-14(10-8-13)25(4)5/h7-11,17-18H,6,12H2,1-5H3,(H,22,23,24)/t17-,18-/m0/s1. The predicted molar refractivity (Wildman–Crippen MR) is 114 cm³/mol. The lowest BCUT2D eigenvalue weighted by Gasteiger charge is -2.40. The molecule has 2 heterocycles. The van der Waals surface area contributed by atoms with Gasteiger partial charge in [0.2, 0.25) is 11.1 Å². The molecule has 1 aromatic carbocycles. The summed E-state index contributed by atoms with van der Waals surface area (Å²) in [6, 6.07) is 8.22. The fraction of sp³-hybridized carbons (Fsp3) is 0.476. The first kappa shape index (κ1) is 19.1. The Bertz CT molecular complexity index is 929. The van der Waals surface area contributed by atoms with Crippen LogP contribution in [0.3, 0.4) is 0 Å². The van der Waals surface area contributed by atoms with Crippen LogP contribution in [0.15, 0.2) is 41.2 Å². The van der Waals surface area contributed by atoms with E-state index in [1.165, 1.54) is 0 Å². The maximum atomic E-state index is 13.2. The molecule has 1 aromatic heterocycles. The van der Waals surface area contributed by atoms with Gasteiger partial charge in [-0.25, -0.2) is 4.68 Å². The number of carbonyl (C=O) groups is 1. The van der Waals surface area contributed by atoms with E-state index in [-0.39, 0.29) is 23.2 Å².